The van der Waals surface area contributed by atoms with Gasteiger partial charge < -0.3 is 5.32 Å². The lowest BCUT2D eigenvalue weighted by molar-refractivity contribution is -0.119. The molecule has 1 amide bonds. The van der Waals surface area contributed by atoms with E-state index in [0.29, 0.717) is 5.75 Å². The maximum Gasteiger partial charge on any atom is 0.230 e. The van der Waals surface area contributed by atoms with Crippen LogP contribution in [0.4, 0.5) is 0 Å². The number of thioether (sulfide) groups is 2. The van der Waals surface area contributed by atoms with Gasteiger partial charge in [0.05, 0.1) is 11.8 Å². The van der Waals surface area contributed by atoms with Crippen molar-refractivity contribution in [3.63, 3.8) is 0 Å². The van der Waals surface area contributed by atoms with Gasteiger partial charge in [0.25, 0.3) is 0 Å². The number of hydrogen-bond donors (Lipinski definition) is 1. The first-order valence-corrected chi connectivity index (χ1v) is 7.69. The Morgan fingerprint density at radius 3 is 3.19 bits per heavy atom. The average molecular weight is 253 g/mol. The van der Waals surface area contributed by atoms with Crippen LogP contribution in [0.25, 0.3) is 0 Å². The number of nitrogens with one attached hydrogen (secondary N) is 1. The van der Waals surface area contributed by atoms with E-state index in [9.17, 15) is 4.79 Å². The third-order valence-electron chi connectivity index (χ3n) is 2.57. The molecular formula is C12H15NOS2. The summed E-state index contributed by atoms with van der Waals surface area (Å²) in [7, 11) is 0. The minimum absolute atomic E-state index is 0.138. The van der Waals surface area contributed by atoms with Crippen LogP contribution in [-0.2, 0) is 4.79 Å². The Balaban J connectivity index is 2.10. The van der Waals surface area contributed by atoms with E-state index in [-0.39, 0.29) is 11.9 Å². The van der Waals surface area contributed by atoms with Gasteiger partial charge in [0.2, 0.25) is 5.91 Å². The van der Waals surface area contributed by atoms with Gasteiger partial charge in [0, 0.05) is 10.6 Å². The lowest BCUT2D eigenvalue weighted by Gasteiger charge is -2.25. The minimum atomic E-state index is 0.138. The Kier molecular flexibility index (Phi) is 4.18. The highest BCUT2D eigenvalue weighted by Gasteiger charge is 2.21. The number of amides is 1. The fraction of sp³-hybridized carbons (Fsp3) is 0.417. The predicted octanol–water partition coefficient (Wildman–Crippen LogP) is 2.70. The average Bonchev–Trinajstić information content (AvgIpc) is 2.30. The van der Waals surface area contributed by atoms with Gasteiger partial charge in [0.15, 0.2) is 0 Å². The second kappa shape index (κ2) is 5.64. The van der Waals surface area contributed by atoms with Crippen LogP contribution in [0.5, 0.6) is 0 Å². The Morgan fingerprint density at radius 1 is 1.56 bits per heavy atom. The van der Waals surface area contributed by atoms with E-state index in [1.54, 1.807) is 11.8 Å². The number of benzene rings is 1. The van der Waals surface area contributed by atoms with Crippen LogP contribution in [0.15, 0.2) is 29.2 Å². The molecule has 1 heterocycles. The molecule has 0 saturated carbocycles. The monoisotopic (exact) mass is 253 g/mol. The van der Waals surface area contributed by atoms with Crippen LogP contribution in [-0.4, -0.2) is 23.7 Å². The van der Waals surface area contributed by atoms with Gasteiger partial charge in [-0.05, 0) is 24.3 Å². The molecule has 0 spiro atoms. The maximum atomic E-state index is 11.6. The van der Waals surface area contributed by atoms with Gasteiger partial charge in [-0.25, -0.2) is 0 Å². The van der Waals surface area contributed by atoms with Crippen LogP contribution < -0.4 is 5.32 Å². The van der Waals surface area contributed by atoms with Gasteiger partial charge in [-0.1, -0.05) is 18.2 Å². The lowest BCUT2D eigenvalue weighted by atomic mass is 10.0. The molecule has 2 rings (SSSR count). The molecule has 1 aliphatic rings. The zero-order chi connectivity index (χ0) is 11.4. The van der Waals surface area contributed by atoms with Crippen molar-refractivity contribution in [1.29, 1.82) is 0 Å². The van der Waals surface area contributed by atoms with Gasteiger partial charge in [-0.3, -0.25) is 4.79 Å². The van der Waals surface area contributed by atoms with Gasteiger partial charge in [-0.15, -0.1) is 11.8 Å². The summed E-state index contributed by atoms with van der Waals surface area (Å²) in [6.07, 6.45) is 2.98. The van der Waals surface area contributed by atoms with Gasteiger partial charge in [-0.2, -0.15) is 11.8 Å². The Morgan fingerprint density at radius 2 is 2.38 bits per heavy atom. The molecule has 1 aromatic rings. The molecule has 0 radical (unpaired) electrons. The standard InChI is InChI=1S/C12H15NOS2/c1-15-8-12(14)13-10-6-7-16-11-5-3-2-4-9(10)11/h2-5,10H,6-8H2,1H3,(H,13,14). The van der Waals surface area contributed by atoms with Crippen molar-refractivity contribution < 1.29 is 4.79 Å². The highest BCUT2D eigenvalue weighted by Crippen LogP contribution is 2.35. The van der Waals surface area contributed by atoms with E-state index in [2.05, 4.69) is 23.5 Å². The minimum Gasteiger partial charge on any atom is -0.349 e. The largest absolute Gasteiger partial charge is 0.349 e. The second-order valence-electron chi connectivity index (χ2n) is 3.73. The van der Waals surface area contributed by atoms with E-state index in [0.717, 1.165) is 12.2 Å². The predicted molar refractivity (Wildman–Crippen MR) is 71.0 cm³/mol. The number of hydrogen-bond acceptors (Lipinski definition) is 3. The van der Waals surface area contributed by atoms with Crippen molar-refractivity contribution in [2.75, 3.05) is 17.8 Å². The third-order valence-corrected chi connectivity index (χ3v) is 4.24. The maximum absolute atomic E-state index is 11.6. The summed E-state index contributed by atoms with van der Waals surface area (Å²) in [5.41, 5.74) is 1.27. The van der Waals surface area contributed by atoms with Gasteiger partial charge >= 0.3 is 0 Å². The normalized spacial score (nSPS) is 18.9. The molecule has 1 aromatic carbocycles. The van der Waals surface area contributed by atoms with E-state index in [1.165, 1.54) is 10.5 Å². The van der Waals surface area contributed by atoms with Crippen LogP contribution in [0, 0.1) is 0 Å². The van der Waals surface area contributed by atoms with E-state index in [4.69, 9.17) is 0 Å². The van der Waals surface area contributed by atoms with Crippen LogP contribution in [0.2, 0.25) is 0 Å². The number of rotatable bonds is 3. The zero-order valence-corrected chi connectivity index (χ0v) is 10.9. The number of carbonyl (C=O) groups is 1. The van der Waals surface area contributed by atoms with Gasteiger partial charge in [0.1, 0.15) is 0 Å². The molecule has 1 atom stereocenters. The SMILES string of the molecule is CSCC(=O)NC1CCSc2ccccc21. The summed E-state index contributed by atoms with van der Waals surface area (Å²) < 4.78 is 0. The molecule has 0 bridgehead atoms. The summed E-state index contributed by atoms with van der Waals surface area (Å²) >= 11 is 3.44. The Bertz CT molecular complexity index is 381. The highest BCUT2D eigenvalue weighted by molar-refractivity contribution is 7.99. The first-order chi connectivity index (χ1) is 7.81. The lowest BCUT2D eigenvalue weighted by Crippen LogP contribution is -2.31. The van der Waals surface area contributed by atoms with Crippen LogP contribution in [0.3, 0.4) is 0 Å². The molecular weight excluding hydrogens is 238 g/mol. The molecule has 1 aliphatic heterocycles. The molecule has 16 heavy (non-hydrogen) atoms. The van der Waals surface area contributed by atoms with Crippen molar-refractivity contribution in [3.05, 3.63) is 29.8 Å². The molecule has 86 valence electrons. The van der Waals surface area contributed by atoms with Crippen molar-refractivity contribution >= 4 is 29.4 Å². The summed E-state index contributed by atoms with van der Waals surface area (Å²) in [5.74, 6) is 1.77. The summed E-state index contributed by atoms with van der Waals surface area (Å²) in [6.45, 7) is 0. The molecule has 1 N–H and O–H groups in total. The second-order valence-corrected chi connectivity index (χ2v) is 5.73. The van der Waals surface area contributed by atoms with E-state index in [1.807, 2.05) is 24.1 Å². The molecule has 0 fully saturated rings. The van der Waals surface area contributed by atoms with Crippen molar-refractivity contribution in [1.82, 2.24) is 5.32 Å². The summed E-state index contributed by atoms with van der Waals surface area (Å²) in [5, 5.41) is 3.10. The summed E-state index contributed by atoms with van der Waals surface area (Å²) in [6, 6.07) is 8.55. The Hall–Kier alpha value is -0.610. The highest BCUT2D eigenvalue weighted by atomic mass is 32.2. The van der Waals surface area contributed by atoms with E-state index >= 15 is 0 Å². The molecule has 1 unspecified atom stereocenters. The first-order valence-electron chi connectivity index (χ1n) is 5.31. The fourth-order valence-corrected chi connectivity index (χ4v) is 3.33. The summed E-state index contributed by atoms with van der Waals surface area (Å²) in [4.78, 5) is 12.9. The molecule has 2 nitrogen and oxygen atoms in total. The zero-order valence-electron chi connectivity index (χ0n) is 9.23. The van der Waals surface area contributed by atoms with Crippen LogP contribution >= 0.6 is 23.5 Å². The number of carbonyl (C=O) groups excluding carboxylic acids is 1. The van der Waals surface area contributed by atoms with Crippen molar-refractivity contribution in [2.24, 2.45) is 0 Å². The quantitative estimate of drug-likeness (QED) is 0.898. The topological polar surface area (TPSA) is 29.1 Å². The smallest absolute Gasteiger partial charge is 0.230 e. The molecule has 0 aromatic heterocycles. The molecule has 4 heteroatoms. The van der Waals surface area contributed by atoms with Crippen LogP contribution in [0.1, 0.15) is 18.0 Å². The molecule has 0 saturated heterocycles. The van der Waals surface area contributed by atoms with E-state index < -0.39 is 0 Å². The third kappa shape index (κ3) is 2.74. The molecule has 0 aliphatic carbocycles. The van der Waals surface area contributed by atoms with Crippen molar-refractivity contribution in [3.8, 4) is 0 Å². The fourth-order valence-electron chi connectivity index (χ4n) is 1.86. The first kappa shape index (κ1) is 11.9. The number of fused-ring (bicyclic) bond motifs is 1. The Labute approximate surface area is 105 Å². The van der Waals surface area contributed by atoms with Crippen molar-refractivity contribution in [2.45, 2.75) is 17.4 Å².